The van der Waals surface area contributed by atoms with Crippen LogP contribution in [0.25, 0.3) is 0 Å². The smallest absolute Gasteiger partial charge is 0.128 e. The van der Waals surface area contributed by atoms with Crippen molar-refractivity contribution in [2.75, 3.05) is 41.3 Å². The number of aldehydes is 1. The van der Waals surface area contributed by atoms with Crippen LogP contribution in [0.4, 0.5) is 0 Å². The minimum absolute atomic E-state index is 0.243. The van der Waals surface area contributed by atoms with Crippen LogP contribution in [0.1, 0.15) is 6.92 Å². The van der Waals surface area contributed by atoms with Gasteiger partial charge in [0.15, 0.2) is 0 Å². The van der Waals surface area contributed by atoms with E-state index in [9.17, 15) is 4.79 Å². The second kappa shape index (κ2) is 4.58. The molecule has 0 aliphatic carbocycles. The highest BCUT2D eigenvalue weighted by Crippen LogP contribution is 2.14. The molecule has 3 nitrogen and oxygen atoms in total. The molecule has 0 fully saturated rings. The lowest BCUT2D eigenvalue weighted by Gasteiger charge is -2.29. The molecule has 0 rings (SSSR count). The van der Waals surface area contributed by atoms with E-state index in [4.69, 9.17) is 0 Å². The molecule has 12 heavy (non-hydrogen) atoms. The quantitative estimate of drug-likeness (QED) is 0.558. The van der Waals surface area contributed by atoms with Gasteiger partial charge in [-0.25, -0.2) is 0 Å². The maximum absolute atomic E-state index is 10.8. The molecule has 3 heteroatoms. The van der Waals surface area contributed by atoms with E-state index in [1.165, 1.54) is 0 Å². The minimum atomic E-state index is -0.243. The molecule has 0 aliphatic heterocycles. The third-order valence-electron chi connectivity index (χ3n) is 1.64. The van der Waals surface area contributed by atoms with Crippen LogP contribution in [-0.4, -0.2) is 57.4 Å². The van der Waals surface area contributed by atoms with Crippen LogP contribution in [0.5, 0.6) is 0 Å². The fourth-order valence-corrected chi connectivity index (χ4v) is 1.57. The first kappa shape index (κ1) is 11.6. The maximum Gasteiger partial charge on any atom is 0.128 e. The molecule has 0 unspecified atom stereocenters. The fourth-order valence-electron chi connectivity index (χ4n) is 1.57. The Morgan fingerprint density at radius 2 is 1.42 bits per heavy atom. The molecule has 0 N–H and O–H groups in total. The van der Waals surface area contributed by atoms with E-state index in [0.29, 0.717) is 0 Å². The zero-order valence-electron chi connectivity index (χ0n) is 8.79. The highest BCUT2D eigenvalue weighted by Gasteiger charge is 2.24. The van der Waals surface area contributed by atoms with Crippen LogP contribution >= 0.6 is 0 Å². The minimum Gasteiger partial charge on any atom is -0.308 e. The Balaban J connectivity index is 4.14. The number of hydrogen-bond donors (Lipinski definition) is 0. The lowest BCUT2D eigenvalue weighted by molar-refractivity contribution is -0.116. The Morgan fingerprint density at radius 1 is 1.08 bits per heavy atom. The molecule has 0 heterocycles. The molecule has 0 aromatic carbocycles. The van der Waals surface area contributed by atoms with Crippen molar-refractivity contribution in [1.29, 1.82) is 0 Å². The molecular weight excluding hydrogens is 152 g/mol. The summed E-state index contributed by atoms with van der Waals surface area (Å²) in [5, 5.41) is 0. The van der Waals surface area contributed by atoms with Gasteiger partial charge in [-0.15, -0.1) is 0 Å². The second-order valence-corrected chi connectivity index (χ2v) is 4.25. The first-order valence-corrected chi connectivity index (χ1v) is 4.15. The first-order chi connectivity index (χ1) is 5.39. The van der Waals surface area contributed by atoms with E-state index >= 15 is 0 Å². The molecule has 0 atom stereocenters. The summed E-state index contributed by atoms with van der Waals surface area (Å²) in [6.07, 6.45) is 1.05. The SMILES string of the molecule is CN(C)CC(C)(C=O)CN(C)C. The van der Waals surface area contributed by atoms with Gasteiger partial charge in [-0.1, -0.05) is 6.92 Å². The Bertz CT molecular complexity index is 133. The van der Waals surface area contributed by atoms with Crippen molar-refractivity contribution in [2.24, 2.45) is 5.41 Å². The van der Waals surface area contributed by atoms with Crippen LogP contribution in [0.2, 0.25) is 0 Å². The number of rotatable bonds is 5. The Labute approximate surface area is 75.3 Å². The number of hydrogen-bond acceptors (Lipinski definition) is 3. The van der Waals surface area contributed by atoms with Crippen molar-refractivity contribution in [1.82, 2.24) is 9.80 Å². The van der Waals surface area contributed by atoms with Gasteiger partial charge in [0.25, 0.3) is 0 Å². The number of nitrogens with zero attached hydrogens (tertiary/aromatic N) is 2. The number of carbonyl (C=O) groups is 1. The van der Waals surface area contributed by atoms with E-state index < -0.39 is 0 Å². The Morgan fingerprint density at radius 3 is 1.58 bits per heavy atom. The van der Waals surface area contributed by atoms with E-state index in [2.05, 4.69) is 0 Å². The summed E-state index contributed by atoms with van der Waals surface area (Å²) in [4.78, 5) is 14.9. The van der Waals surface area contributed by atoms with Gasteiger partial charge in [-0.3, -0.25) is 0 Å². The summed E-state index contributed by atoms with van der Waals surface area (Å²) in [5.74, 6) is 0. The highest BCUT2D eigenvalue weighted by molar-refractivity contribution is 5.59. The topological polar surface area (TPSA) is 23.6 Å². The first-order valence-electron chi connectivity index (χ1n) is 4.15. The number of carbonyl (C=O) groups excluding carboxylic acids is 1. The normalized spacial score (nSPS) is 12.6. The molecule has 0 bridgehead atoms. The zero-order chi connectivity index (χ0) is 9.78. The van der Waals surface area contributed by atoms with Gasteiger partial charge >= 0.3 is 0 Å². The lowest BCUT2D eigenvalue weighted by atomic mass is 9.92. The van der Waals surface area contributed by atoms with Crippen LogP contribution < -0.4 is 0 Å². The summed E-state index contributed by atoms with van der Waals surface area (Å²) in [7, 11) is 7.93. The van der Waals surface area contributed by atoms with Gasteiger partial charge in [0, 0.05) is 18.5 Å². The van der Waals surface area contributed by atoms with Crippen molar-refractivity contribution < 1.29 is 4.79 Å². The predicted octanol–water partition coefficient (Wildman–Crippen LogP) is 0.315. The van der Waals surface area contributed by atoms with Crippen molar-refractivity contribution in [3.05, 3.63) is 0 Å². The molecule has 72 valence electrons. The van der Waals surface area contributed by atoms with Gasteiger partial charge in [0.2, 0.25) is 0 Å². The van der Waals surface area contributed by atoms with Gasteiger partial charge in [-0.05, 0) is 28.2 Å². The molecule has 0 aromatic heterocycles. The van der Waals surface area contributed by atoms with E-state index in [-0.39, 0.29) is 5.41 Å². The van der Waals surface area contributed by atoms with Gasteiger partial charge in [-0.2, -0.15) is 0 Å². The van der Waals surface area contributed by atoms with Crippen molar-refractivity contribution >= 4 is 6.29 Å². The third-order valence-corrected chi connectivity index (χ3v) is 1.64. The average Bonchev–Trinajstić information content (AvgIpc) is 1.83. The molecule has 0 amide bonds. The largest absolute Gasteiger partial charge is 0.308 e. The van der Waals surface area contributed by atoms with Crippen LogP contribution in [0.3, 0.4) is 0 Å². The summed E-state index contributed by atoms with van der Waals surface area (Å²) < 4.78 is 0. The van der Waals surface area contributed by atoms with E-state index in [1.807, 2.05) is 44.9 Å². The highest BCUT2D eigenvalue weighted by atomic mass is 16.1. The standard InChI is InChI=1S/C9H20N2O/c1-9(8-12,6-10(2)3)7-11(4)5/h8H,6-7H2,1-5H3. The van der Waals surface area contributed by atoms with Crippen LogP contribution in [0.15, 0.2) is 0 Å². The summed E-state index contributed by atoms with van der Waals surface area (Å²) in [6.45, 7) is 3.59. The monoisotopic (exact) mass is 172 g/mol. The zero-order valence-corrected chi connectivity index (χ0v) is 8.79. The van der Waals surface area contributed by atoms with E-state index in [0.717, 1.165) is 19.4 Å². The van der Waals surface area contributed by atoms with Crippen molar-refractivity contribution in [2.45, 2.75) is 6.92 Å². The van der Waals surface area contributed by atoms with Crippen LogP contribution in [-0.2, 0) is 4.79 Å². The second-order valence-electron chi connectivity index (χ2n) is 4.25. The van der Waals surface area contributed by atoms with E-state index in [1.54, 1.807) is 0 Å². The van der Waals surface area contributed by atoms with Gasteiger partial charge in [0.05, 0.1) is 0 Å². The van der Waals surface area contributed by atoms with Gasteiger partial charge < -0.3 is 14.6 Å². The summed E-state index contributed by atoms with van der Waals surface area (Å²) in [5.41, 5.74) is -0.243. The lowest BCUT2D eigenvalue weighted by Crippen LogP contribution is -2.40. The molecule has 0 aliphatic rings. The Hall–Kier alpha value is -0.410. The molecule has 0 spiro atoms. The maximum atomic E-state index is 10.8. The summed E-state index contributed by atoms with van der Waals surface area (Å²) >= 11 is 0. The molecule has 0 radical (unpaired) electrons. The third kappa shape index (κ3) is 4.46. The average molecular weight is 172 g/mol. The predicted molar refractivity (Wildman–Crippen MR) is 51.3 cm³/mol. The summed E-state index contributed by atoms with van der Waals surface area (Å²) in [6, 6.07) is 0. The van der Waals surface area contributed by atoms with Gasteiger partial charge in [0.1, 0.15) is 6.29 Å². The Kier molecular flexibility index (Phi) is 4.42. The molecule has 0 saturated carbocycles. The van der Waals surface area contributed by atoms with Crippen LogP contribution in [0, 0.1) is 5.41 Å². The van der Waals surface area contributed by atoms with Crippen molar-refractivity contribution in [3.63, 3.8) is 0 Å². The van der Waals surface area contributed by atoms with Crippen molar-refractivity contribution in [3.8, 4) is 0 Å². The molecule has 0 saturated heterocycles. The molecular formula is C9H20N2O. The molecule has 0 aromatic rings. The fraction of sp³-hybridized carbons (Fsp3) is 0.889.